The van der Waals surface area contributed by atoms with Crippen LogP contribution in [0.25, 0.3) is 10.4 Å². The van der Waals surface area contributed by atoms with Crippen molar-refractivity contribution < 1.29 is 18.8 Å². The van der Waals surface area contributed by atoms with E-state index in [0.717, 1.165) is 27.2 Å². The van der Waals surface area contributed by atoms with Crippen molar-refractivity contribution in [2.45, 2.75) is 58.8 Å². The summed E-state index contributed by atoms with van der Waals surface area (Å²) in [5, 5.41) is 3.42. The van der Waals surface area contributed by atoms with Gasteiger partial charge in [-0.1, -0.05) is 54.1 Å². The fourth-order valence-corrected chi connectivity index (χ4v) is 4.79. The summed E-state index contributed by atoms with van der Waals surface area (Å²) in [6, 6.07) is 15.2. The van der Waals surface area contributed by atoms with Gasteiger partial charge in [0.15, 0.2) is 0 Å². The molecule has 0 aliphatic carbocycles. The van der Waals surface area contributed by atoms with Crippen LogP contribution in [0.2, 0.25) is 5.02 Å². The molecular formula is C25H28BClN2O4S. The predicted molar refractivity (Wildman–Crippen MR) is 138 cm³/mol. The van der Waals surface area contributed by atoms with Crippen LogP contribution in [0.1, 0.15) is 52.0 Å². The molecule has 1 fully saturated rings. The minimum atomic E-state index is -0.564. The van der Waals surface area contributed by atoms with Crippen LogP contribution >= 0.6 is 23.1 Å². The number of anilines is 1. The normalized spacial score (nSPS) is 17.4. The van der Waals surface area contributed by atoms with Gasteiger partial charge in [0.05, 0.1) is 27.5 Å². The molecule has 1 unspecified atom stereocenters. The van der Waals surface area contributed by atoms with Gasteiger partial charge in [-0.25, -0.2) is 4.79 Å². The minimum Gasteiger partial charge on any atom is -0.441 e. The minimum absolute atomic E-state index is 0.399. The molecule has 1 amide bonds. The second kappa shape index (κ2) is 9.34. The predicted octanol–water partition coefficient (Wildman–Crippen LogP) is 6.38. The second-order valence-electron chi connectivity index (χ2n) is 9.38. The third-order valence-corrected chi connectivity index (χ3v) is 7.75. The van der Waals surface area contributed by atoms with E-state index in [-0.39, 0.29) is 0 Å². The van der Waals surface area contributed by atoms with Crippen LogP contribution in [-0.4, -0.2) is 28.8 Å². The average Bonchev–Trinajstić information content (AvgIpc) is 3.23. The topological polar surface area (TPSA) is 69.7 Å². The Kier molecular flexibility index (Phi) is 6.79. The van der Waals surface area contributed by atoms with Crippen LogP contribution in [0.5, 0.6) is 0 Å². The van der Waals surface area contributed by atoms with Gasteiger partial charge in [-0.2, -0.15) is 4.37 Å². The Bertz CT molecular complexity index is 1180. The summed E-state index contributed by atoms with van der Waals surface area (Å²) in [5.74, 6) is 0. The highest BCUT2D eigenvalue weighted by Crippen LogP contribution is 2.38. The van der Waals surface area contributed by atoms with Gasteiger partial charge in [0.25, 0.3) is 0 Å². The number of amides is 1. The third kappa shape index (κ3) is 4.86. The number of benzene rings is 2. The molecule has 1 aliphatic rings. The van der Waals surface area contributed by atoms with Crippen LogP contribution < -0.4 is 10.8 Å². The molecule has 9 heteroatoms. The third-order valence-electron chi connectivity index (χ3n) is 6.42. The van der Waals surface area contributed by atoms with E-state index in [4.69, 9.17) is 25.6 Å². The lowest BCUT2D eigenvalue weighted by molar-refractivity contribution is 0.00578. The van der Waals surface area contributed by atoms with E-state index in [1.54, 1.807) is 13.0 Å². The summed E-state index contributed by atoms with van der Waals surface area (Å²) in [6.07, 6.45) is -1.06. The largest absolute Gasteiger partial charge is 0.494 e. The number of carbonyl (C=O) groups excluding carboxylic acids is 1. The van der Waals surface area contributed by atoms with E-state index in [9.17, 15) is 4.79 Å². The summed E-state index contributed by atoms with van der Waals surface area (Å²) in [6.45, 7) is 11.8. The van der Waals surface area contributed by atoms with E-state index in [2.05, 4.69) is 9.69 Å². The van der Waals surface area contributed by atoms with Crippen molar-refractivity contribution in [3.63, 3.8) is 0 Å². The molecule has 1 saturated heterocycles. The first kappa shape index (κ1) is 24.7. The van der Waals surface area contributed by atoms with E-state index in [1.807, 2.05) is 77.1 Å². The van der Waals surface area contributed by atoms with E-state index >= 15 is 0 Å². The van der Waals surface area contributed by atoms with Gasteiger partial charge in [0.2, 0.25) is 0 Å². The van der Waals surface area contributed by atoms with Gasteiger partial charge >= 0.3 is 13.2 Å². The van der Waals surface area contributed by atoms with Gasteiger partial charge < -0.3 is 14.0 Å². The average molecular weight is 499 g/mol. The number of halogens is 1. The number of aryl methyl sites for hydroxylation is 1. The number of hydrogen-bond donors (Lipinski definition) is 1. The first-order chi connectivity index (χ1) is 16.0. The Hall–Kier alpha value is -2.39. The van der Waals surface area contributed by atoms with E-state index in [0.29, 0.717) is 10.7 Å². The Labute approximate surface area is 209 Å². The maximum atomic E-state index is 12.7. The van der Waals surface area contributed by atoms with Crippen molar-refractivity contribution in [3.05, 3.63) is 64.8 Å². The van der Waals surface area contributed by atoms with Crippen molar-refractivity contribution in [1.29, 1.82) is 0 Å². The summed E-state index contributed by atoms with van der Waals surface area (Å²) in [5.41, 5.74) is 3.17. The van der Waals surface area contributed by atoms with Gasteiger partial charge in [0, 0.05) is 10.6 Å². The highest BCUT2D eigenvalue weighted by atomic mass is 35.5. The summed E-state index contributed by atoms with van der Waals surface area (Å²) >= 11 is 7.55. The molecule has 1 N–H and O–H groups in total. The summed E-state index contributed by atoms with van der Waals surface area (Å²) in [4.78, 5) is 13.5. The molecular weight excluding hydrogens is 471 g/mol. The number of rotatable bonds is 5. The van der Waals surface area contributed by atoms with Crippen LogP contribution in [-0.2, 0) is 14.0 Å². The molecule has 6 nitrogen and oxygen atoms in total. The van der Waals surface area contributed by atoms with Crippen LogP contribution in [0.4, 0.5) is 10.5 Å². The molecule has 0 saturated carbocycles. The van der Waals surface area contributed by atoms with Gasteiger partial charge in [0.1, 0.15) is 6.10 Å². The van der Waals surface area contributed by atoms with Crippen LogP contribution in [0.3, 0.4) is 0 Å². The number of aromatic nitrogens is 1. The molecule has 0 bridgehead atoms. The smallest absolute Gasteiger partial charge is 0.441 e. The lowest BCUT2D eigenvalue weighted by Gasteiger charge is -2.32. The molecule has 178 valence electrons. The number of nitrogens with one attached hydrogen (secondary N) is 1. The maximum absolute atomic E-state index is 12.7. The zero-order valence-corrected chi connectivity index (χ0v) is 21.7. The fraction of sp³-hybridized carbons (Fsp3) is 0.360. The van der Waals surface area contributed by atoms with Crippen molar-refractivity contribution in [3.8, 4) is 10.4 Å². The summed E-state index contributed by atoms with van der Waals surface area (Å²) < 4.78 is 22.3. The Balaban J connectivity index is 1.49. The number of hydrogen-bond acceptors (Lipinski definition) is 6. The van der Waals surface area contributed by atoms with Crippen molar-refractivity contribution in [1.82, 2.24) is 4.37 Å². The number of nitrogens with zero attached hydrogens (tertiary/aromatic N) is 1. The van der Waals surface area contributed by atoms with Crippen molar-refractivity contribution in [2.24, 2.45) is 0 Å². The molecule has 34 heavy (non-hydrogen) atoms. The van der Waals surface area contributed by atoms with Crippen LogP contribution in [0.15, 0.2) is 48.5 Å². The molecule has 2 heterocycles. The van der Waals surface area contributed by atoms with Gasteiger partial charge in [-0.3, -0.25) is 5.32 Å². The van der Waals surface area contributed by atoms with Crippen molar-refractivity contribution in [2.75, 3.05) is 5.32 Å². The first-order valence-electron chi connectivity index (χ1n) is 11.1. The zero-order chi connectivity index (χ0) is 24.7. The van der Waals surface area contributed by atoms with Crippen molar-refractivity contribution >= 4 is 47.5 Å². The fourth-order valence-electron chi connectivity index (χ4n) is 3.65. The highest BCUT2D eigenvalue weighted by molar-refractivity contribution is 7.10. The number of carbonyl (C=O) groups is 1. The molecule has 4 rings (SSSR count). The van der Waals surface area contributed by atoms with E-state index in [1.165, 1.54) is 11.5 Å². The Morgan fingerprint density at radius 3 is 2.32 bits per heavy atom. The quantitative estimate of drug-likeness (QED) is 0.413. The Morgan fingerprint density at radius 1 is 1.09 bits per heavy atom. The summed E-state index contributed by atoms with van der Waals surface area (Å²) in [7, 11) is -0.430. The number of ether oxygens (including phenoxy) is 1. The lowest BCUT2D eigenvalue weighted by Crippen LogP contribution is -2.41. The molecule has 0 spiro atoms. The SMILES string of the molecule is Cc1nsc(-c2ccc(B3OC(C)(C)C(C)(C)O3)cc2)c1NC(=O)OC(C)c1ccccc1Cl. The molecule has 0 radical (unpaired) electrons. The Morgan fingerprint density at radius 2 is 1.71 bits per heavy atom. The monoisotopic (exact) mass is 498 g/mol. The zero-order valence-electron chi connectivity index (χ0n) is 20.1. The standard InChI is InChI=1S/C25H28BClN2O4S/c1-15-21(28-23(30)31-16(2)19-9-7-8-10-20(19)27)22(34-29-15)17-11-13-18(14-12-17)26-32-24(3,4)25(5,6)33-26/h7-14,16H,1-6H3,(H,28,30). The lowest BCUT2D eigenvalue weighted by atomic mass is 9.79. The van der Waals surface area contributed by atoms with Gasteiger partial charge in [-0.15, -0.1) is 0 Å². The molecule has 1 atom stereocenters. The van der Waals surface area contributed by atoms with E-state index < -0.39 is 30.5 Å². The molecule has 3 aromatic rings. The highest BCUT2D eigenvalue weighted by Gasteiger charge is 2.51. The van der Waals surface area contributed by atoms with Gasteiger partial charge in [-0.05, 0) is 70.2 Å². The maximum Gasteiger partial charge on any atom is 0.494 e. The van der Waals surface area contributed by atoms with Crippen LogP contribution in [0, 0.1) is 6.92 Å². The molecule has 1 aliphatic heterocycles. The first-order valence-corrected chi connectivity index (χ1v) is 12.3. The molecule has 1 aromatic heterocycles. The molecule has 2 aromatic carbocycles. The second-order valence-corrected chi connectivity index (χ2v) is 10.6.